The summed E-state index contributed by atoms with van der Waals surface area (Å²) in [4.78, 5) is 17.3. The first-order valence-electron chi connectivity index (χ1n) is 12.2. The number of ether oxygens (including phenoxy) is 2. The smallest absolute Gasteiger partial charge is 0.254 e. The van der Waals surface area contributed by atoms with Gasteiger partial charge in [0.05, 0.1) is 18.9 Å². The predicted molar refractivity (Wildman–Crippen MR) is 124 cm³/mol. The number of rotatable bonds is 4. The number of hydrogen-bond acceptors (Lipinski definition) is 8. The Bertz CT molecular complexity index is 1110. The lowest BCUT2D eigenvalue weighted by Gasteiger charge is -2.28. The summed E-state index contributed by atoms with van der Waals surface area (Å²) in [5.41, 5.74) is 2.83. The number of fused-ring (bicyclic) bond motifs is 1. The maximum absolute atomic E-state index is 5.59. The van der Waals surface area contributed by atoms with Crippen LogP contribution in [0.5, 0.6) is 0 Å². The fourth-order valence-corrected chi connectivity index (χ4v) is 5.24. The Morgan fingerprint density at radius 2 is 1.79 bits per heavy atom. The monoisotopic (exact) mass is 452 g/mol. The summed E-state index contributed by atoms with van der Waals surface area (Å²) >= 11 is 0. The average molecular weight is 453 g/mol. The highest BCUT2D eigenvalue weighted by atomic mass is 16.5. The lowest BCUT2D eigenvalue weighted by Crippen LogP contribution is -2.37. The largest absolute Gasteiger partial charge is 0.381 e. The number of nitrogens with one attached hydrogen (secondary N) is 1. The van der Waals surface area contributed by atoms with Gasteiger partial charge in [0.15, 0.2) is 17.0 Å². The zero-order valence-corrected chi connectivity index (χ0v) is 19.2. The van der Waals surface area contributed by atoms with Crippen LogP contribution in [0.2, 0.25) is 0 Å². The third kappa shape index (κ3) is 4.00. The van der Waals surface area contributed by atoms with E-state index in [0.29, 0.717) is 31.0 Å². The van der Waals surface area contributed by atoms with Gasteiger partial charge in [0.1, 0.15) is 5.82 Å². The number of aromatic nitrogens is 6. The van der Waals surface area contributed by atoms with Crippen molar-refractivity contribution in [3.05, 3.63) is 23.8 Å². The molecule has 3 fully saturated rings. The summed E-state index contributed by atoms with van der Waals surface area (Å²) in [5.74, 6) is 3.38. The highest BCUT2D eigenvalue weighted by molar-refractivity contribution is 5.85. The third-order valence-electron chi connectivity index (χ3n) is 7.15. The van der Waals surface area contributed by atoms with E-state index < -0.39 is 0 Å². The Balaban J connectivity index is 1.43. The molecule has 0 bridgehead atoms. The summed E-state index contributed by atoms with van der Waals surface area (Å²) in [6.45, 7) is 6.63. The van der Waals surface area contributed by atoms with Crippen molar-refractivity contribution in [1.29, 1.82) is 0 Å². The molecule has 3 aromatic heterocycles. The molecule has 0 aliphatic carbocycles. The summed E-state index contributed by atoms with van der Waals surface area (Å²) < 4.78 is 15.2. The van der Waals surface area contributed by atoms with Gasteiger partial charge in [-0.15, -0.1) is 0 Å². The van der Waals surface area contributed by atoms with Crippen LogP contribution in [0.25, 0.3) is 17.1 Å². The second-order valence-corrected chi connectivity index (χ2v) is 9.26. The summed E-state index contributed by atoms with van der Waals surface area (Å²) in [6, 6.07) is 2.11. The van der Waals surface area contributed by atoms with Crippen molar-refractivity contribution in [2.24, 2.45) is 7.05 Å². The lowest BCUT2D eigenvalue weighted by molar-refractivity contribution is 0.0831. The lowest BCUT2D eigenvalue weighted by atomic mass is 9.97. The van der Waals surface area contributed by atoms with Crippen molar-refractivity contribution in [2.45, 2.75) is 37.5 Å². The highest BCUT2D eigenvalue weighted by Crippen LogP contribution is 2.32. The van der Waals surface area contributed by atoms with Gasteiger partial charge in [-0.05, 0) is 38.3 Å². The molecule has 1 atom stereocenters. The molecule has 3 aromatic rings. The fourth-order valence-electron chi connectivity index (χ4n) is 5.24. The quantitative estimate of drug-likeness (QED) is 0.640. The van der Waals surface area contributed by atoms with Crippen molar-refractivity contribution in [1.82, 2.24) is 34.6 Å². The molecule has 1 N–H and O–H groups in total. The Kier molecular flexibility index (Phi) is 5.73. The van der Waals surface area contributed by atoms with Gasteiger partial charge in [-0.25, -0.2) is 9.67 Å². The molecule has 6 heterocycles. The van der Waals surface area contributed by atoms with Crippen LogP contribution < -0.4 is 10.2 Å². The molecule has 3 aliphatic heterocycles. The van der Waals surface area contributed by atoms with Crippen LogP contribution in [-0.2, 0) is 16.5 Å². The molecule has 0 aromatic carbocycles. The number of nitrogens with zero attached hydrogens (tertiary/aromatic N) is 7. The highest BCUT2D eigenvalue weighted by Gasteiger charge is 2.27. The van der Waals surface area contributed by atoms with Crippen LogP contribution in [0.4, 0.5) is 5.82 Å². The molecule has 176 valence electrons. The fraction of sp³-hybridized carbons (Fsp3) is 0.652. The first-order valence-corrected chi connectivity index (χ1v) is 12.2. The van der Waals surface area contributed by atoms with Gasteiger partial charge in [0.2, 0.25) is 0 Å². The number of piperidine rings is 1. The van der Waals surface area contributed by atoms with Crippen molar-refractivity contribution in [3.8, 4) is 5.95 Å². The van der Waals surface area contributed by atoms with Crippen LogP contribution in [0.1, 0.15) is 49.0 Å². The van der Waals surface area contributed by atoms with Gasteiger partial charge in [-0.2, -0.15) is 15.1 Å². The van der Waals surface area contributed by atoms with Gasteiger partial charge < -0.3 is 24.3 Å². The summed E-state index contributed by atoms with van der Waals surface area (Å²) in [5, 5.41) is 8.37. The minimum absolute atomic E-state index is 0.383. The van der Waals surface area contributed by atoms with Gasteiger partial charge in [-0.1, -0.05) is 0 Å². The van der Waals surface area contributed by atoms with E-state index in [0.717, 1.165) is 80.7 Å². The van der Waals surface area contributed by atoms with Crippen molar-refractivity contribution >= 4 is 17.0 Å². The minimum Gasteiger partial charge on any atom is -0.381 e. The Labute approximate surface area is 193 Å². The molecule has 1 unspecified atom stereocenters. The standard InChI is InChI=1S/C23H32N8O2/c1-29-20(16-5-11-32-12-6-16)25-19-21(29)26-23(27-22(19)30-9-13-33-14-10-30)31-8-4-18(28-31)17-3-2-7-24-15-17/h4,8,16-17,24H,2-3,5-7,9-15H2,1H3. The van der Waals surface area contributed by atoms with E-state index in [4.69, 9.17) is 29.5 Å². The first kappa shape index (κ1) is 21.0. The number of hydrogen-bond donors (Lipinski definition) is 1. The van der Waals surface area contributed by atoms with Gasteiger partial charge >= 0.3 is 0 Å². The molecule has 3 saturated heterocycles. The Hall–Kier alpha value is -2.56. The molecular weight excluding hydrogens is 420 g/mol. The molecule has 10 heteroatoms. The van der Waals surface area contributed by atoms with E-state index in [1.54, 1.807) is 0 Å². The van der Waals surface area contributed by atoms with Crippen LogP contribution in [-0.4, -0.2) is 81.9 Å². The summed E-state index contributed by atoms with van der Waals surface area (Å²) in [7, 11) is 2.07. The Morgan fingerprint density at radius 3 is 2.58 bits per heavy atom. The number of anilines is 1. The minimum atomic E-state index is 0.383. The normalized spacial score (nSPS) is 22.8. The van der Waals surface area contributed by atoms with Crippen LogP contribution >= 0.6 is 0 Å². The topological polar surface area (TPSA) is 95.1 Å². The molecule has 33 heavy (non-hydrogen) atoms. The van der Waals surface area contributed by atoms with Gasteiger partial charge in [-0.3, -0.25) is 0 Å². The average Bonchev–Trinajstić information content (AvgIpc) is 3.51. The van der Waals surface area contributed by atoms with E-state index in [9.17, 15) is 0 Å². The number of imidazole rings is 1. The molecule has 0 spiro atoms. The van der Waals surface area contributed by atoms with E-state index in [1.807, 2.05) is 10.9 Å². The van der Waals surface area contributed by atoms with Crippen molar-refractivity contribution in [2.75, 3.05) is 57.5 Å². The molecule has 6 rings (SSSR count). The van der Waals surface area contributed by atoms with Crippen molar-refractivity contribution in [3.63, 3.8) is 0 Å². The third-order valence-corrected chi connectivity index (χ3v) is 7.15. The van der Waals surface area contributed by atoms with Crippen LogP contribution in [0.3, 0.4) is 0 Å². The zero-order chi connectivity index (χ0) is 22.2. The van der Waals surface area contributed by atoms with Gasteiger partial charge in [0.25, 0.3) is 5.95 Å². The van der Waals surface area contributed by atoms with E-state index >= 15 is 0 Å². The van der Waals surface area contributed by atoms with Gasteiger partial charge in [0, 0.05) is 57.9 Å². The predicted octanol–water partition coefficient (Wildman–Crippen LogP) is 1.75. The molecule has 0 amide bonds. The second kappa shape index (κ2) is 9.00. The number of aryl methyl sites for hydroxylation is 1. The van der Waals surface area contributed by atoms with E-state index in [2.05, 4.69) is 27.9 Å². The van der Waals surface area contributed by atoms with E-state index in [1.165, 1.54) is 12.8 Å². The molecule has 10 nitrogen and oxygen atoms in total. The van der Waals surface area contributed by atoms with Crippen LogP contribution in [0.15, 0.2) is 12.3 Å². The molecule has 3 aliphatic rings. The SMILES string of the molecule is Cn1c(C2CCOCC2)nc2c(N3CCOCC3)nc(-n3ccc(C4CCCNC4)n3)nc21. The maximum atomic E-state index is 5.59. The van der Waals surface area contributed by atoms with Crippen molar-refractivity contribution < 1.29 is 9.47 Å². The molecule has 0 saturated carbocycles. The number of morpholine rings is 1. The maximum Gasteiger partial charge on any atom is 0.254 e. The zero-order valence-electron chi connectivity index (χ0n) is 19.2. The molecular formula is C23H32N8O2. The molecule has 0 radical (unpaired) electrons. The second-order valence-electron chi connectivity index (χ2n) is 9.26. The Morgan fingerprint density at radius 1 is 0.970 bits per heavy atom. The first-order chi connectivity index (χ1) is 16.3. The summed E-state index contributed by atoms with van der Waals surface area (Å²) in [6.07, 6.45) is 6.32. The van der Waals surface area contributed by atoms with Crippen LogP contribution in [0, 0.1) is 0 Å². The van der Waals surface area contributed by atoms with E-state index in [-0.39, 0.29) is 0 Å².